The van der Waals surface area contributed by atoms with Crippen molar-refractivity contribution in [2.75, 3.05) is 0 Å². The number of thioether (sulfide) groups is 1. The molecule has 1 aromatic rings. The molecular weight excluding hydrogens is 180 g/mol. The summed E-state index contributed by atoms with van der Waals surface area (Å²) in [5.41, 5.74) is 0.901. The van der Waals surface area contributed by atoms with Gasteiger partial charge in [-0.3, -0.25) is 4.79 Å². The van der Waals surface area contributed by atoms with E-state index in [-0.39, 0.29) is 5.92 Å². The van der Waals surface area contributed by atoms with Crippen LogP contribution in [0, 0.1) is 5.92 Å². The smallest absolute Gasteiger partial charge is 0.167 e. The lowest BCUT2D eigenvalue weighted by Gasteiger charge is -2.25. The van der Waals surface area contributed by atoms with Gasteiger partial charge in [0.25, 0.3) is 0 Å². The molecule has 0 amide bonds. The lowest BCUT2D eigenvalue weighted by atomic mass is 9.96. The Morgan fingerprint density at radius 2 is 1.92 bits per heavy atom. The summed E-state index contributed by atoms with van der Waals surface area (Å²) in [6, 6.07) is 7.87. The van der Waals surface area contributed by atoms with Crippen molar-refractivity contribution < 1.29 is 4.79 Å². The Bertz CT molecular complexity index is 346. The minimum atomic E-state index is 0.153. The van der Waals surface area contributed by atoms with Gasteiger partial charge in [0.15, 0.2) is 5.78 Å². The first-order valence-corrected chi connectivity index (χ1v) is 5.38. The maximum Gasteiger partial charge on any atom is 0.167 e. The van der Waals surface area contributed by atoms with Crippen LogP contribution in [0.3, 0.4) is 0 Å². The van der Waals surface area contributed by atoms with Gasteiger partial charge in [-0.25, -0.2) is 0 Å². The van der Waals surface area contributed by atoms with E-state index in [9.17, 15) is 4.79 Å². The number of carbonyl (C=O) groups excluding carboxylic acids is 1. The molecule has 0 saturated carbocycles. The van der Waals surface area contributed by atoms with Gasteiger partial charge >= 0.3 is 0 Å². The SMILES string of the molecule is CC1Sc2ccccc2C(=O)C1C. The van der Waals surface area contributed by atoms with Crippen molar-refractivity contribution in [3.8, 4) is 0 Å². The molecule has 0 spiro atoms. The molecule has 0 aromatic heterocycles. The van der Waals surface area contributed by atoms with E-state index in [0.717, 1.165) is 10.5 Å². The van der Waals surface area contributed by atoms with Gasteiger partial charge in [-0.15, -0.1) is 11.8 Å². The van der Waals surface area contributed by atoms with Gasteiger partial charge in [0.05, 0.1) is 0 Å². The molecule has 1 heterocycles. The number of carbonyl (C=O) groups is 1. The Hall–Kier alpha value is -0.760. The third kappa shape index (κ3) is 1.39. The number of hydrogen-bond acceptors (Lipinski definition) is 2. The molecule has 2 unspecified atom stereocenters. The van der Waals surface area contributed by atoms with Crippen LogP contribution in [0.5, 0.6) is 0 Å². The fraction of sp³-hybridized carbons (Fsp3) is 0.364. The first-order valence-electron chi connectivity index (χ1n) is 4.50. The maximum atomic E-state index is 11.8. The molecule has 0 aliphatic carbocycles. The van der Waals surface area contributed by atoms with Crippen molar-refractivity contribution in [1.82, 2.24) is 0 Å². The molecule has 1 aliphatic heterocycles. The lowest BCUT2D eigenvalue weighted by Crippen LogP contribution is -2.25. The Kier molecular flexibility index (Phi) is 2.16. The standard InChI is InChI=1S/C11H12OS/c1-7-8(2)13-10-6-4-3-5-9(10)11(7)12/h3-8H,1-2H3. The molecular formula is C11H12OS. The Morgan fingerprint density at radius 3 is 2.69 bits per heavy atom. The molecule has 1 aliphatic rings. The van der Waals surface area contributed by atoms with Crippen LogP contribution in [-0.4, -0.2) is 11.0 Å². The predicted molar refractivity (Wildman–Crippen MR) is 55.3 cm³/mol. The van der Waals surface area contributed by atoms with E-state index in [2.05, 4.69) is 6.92 Å². The highest BCUT2D eigenvalue weighted by Crippen LogP contribution is 2.37. The second kappa shape index (κ2) is 3.18. The number of Topliss-reactive ketones (excluding diaryl/α,β-unsaturated/α-hetero) is 1. The predicted octanol–water partition coefficient (Wildman–Crippen LogP) is 3.00. The molecule has 1 nitrogen and oxygen atoms in total. The summed E-state index contributed by atoms with van der Waals surface area (Å²) < 4.78 is 0. The van der Waals surface area contributed by atoms with Gasteiger partial charge in [0.1, 0.15) is 0 Å². The number of ketones is 1. The molecule has 2 atom stereocenters. The van der Waals surface area contributed by atoms with Crippen molar-refractivity contribution in [2.45, 2.75) is 24.0 Å². The van der Waals surface area contributed by atoms with Gasteiger partial charge in [0, 0.05) is 21.6 Å². The van der Waals surface area contributed by atoms with Crippen LogP contribution in [0.4, 0.5) is 0 Å². The second-order valence-electron chi connectivity index (χ2n) is 3.47. The van der Waals surface area contributed by atoms with Crippen molar-refractivity contribution in [3.63, 3.8) is 0 Å². The molecule has 13 heavy (non-hydrogen) atoms. The van der Waals surface area contributed by atoms with E-state index in [1.54, 1.807) is 11.8 Å². The van der Waals surface area contributed by atoms with Crippen molar-refractivity contribution in [1.29, 1.82) is 0 Å². The summed E-state index contributed by atoms with van der Waals surface area (Å²) in [5.74, 6) is 0.446. The second-order valence-corrected chi connectivity index (χ2v) is 4.89. The van der Waals surface area contributed by atoms with Crippen LogP contribution in [-0.2, 0) is 0 Å². The average Bonchev–Trinajstić information content (AvgIpc) is 2.15. The average molecular weight is 192 g/mol. The fourth-order valence-electron chi connectivity index (χ4n) is 1.53. The molecule has 0 N–H and O–H groups in total. The van der Waals surface area contributed by atoms with Gasteiger partial charge in [-0.05, 0) is 6.07 Å². The first kappa shape index (κ1) is 8.82. The summed E-state index contributed by atoms with van der Waals surface area (Å²) in [5, 5.41) is 0.405. The Morgan fingerprint density at radius 1 is 1.23 bits per heavy atom. The summed E-state index contributed by atoms with van der Waals surface area (Å²) in [7, 11) is 0. The van der Waals surface area contributed by atoms with Gasteiger partial charge in [-0.1, -0.05) is 32.0 Å². The van der Waals surface area contributed by atoms with Crippen LogP contribution >= 0.6 is 11.8 Å². The van der Waals surface area contributed by atoms with E-state index in [1.807, 2.05) is 31.2 Å². The summed E-state index contributed by atoms with van der Waals surface area (Å²) in [6.07, 6.45) is 0. The van der Waals surface area contributed by atoms with Crippen molar-refractivity contribution in [3.05, 3.63) is 29.8 Å². The van der Waals surface area contributed by atoms with Crippen LogP contribution in [0.15, 0.2) is 29.2 Å². The van der Waals surface area contributed by atoms with Crippen molar-refractivity contribution >= 4 is 17.5 Å². The van der Waals surface area contributed by atoms with Gasteiger partial charge in [0.2, 0.25) is 0 Å². The zero-order chi connectivity index (χ0) is 9.42. The lowest BCUT2D eigenvalue weighted by molar-refractivity contribution is 0.0924. The third-order valence-corrected chi connectivity index (χ3v) is 3.97. The highest BCUT2D eigenvalue weighted by molar-refractivity contribution is 8.00. The largest absolute Gasteiger partial charge is 0.294 e. The Balaban J connectivity index is 2.49. The van der Waals surface area contributed by atoms with E-state index in [0.29, 0.717) is 11.0 Å². The molecule has 0 radical (unpaired) electrons. The monoisotopic (exact) mass is 192 g/mol. The maximum absolute atomic E-state index is 11.8. The van der Waals surface area contributed by atoms with Crippen LogP contribution in [0.25, 0.3) is 0 Å². The topological polar surface area (TPSA) is 17.1 Å². The minimum Gasteiger partial charge on any atom is -0.294 e. The van der Waals surface area contributed by atoms with Crippen molar-refractivity contribution in [2.24, 2.45) is 5.92 Å². The Labute approximate surface area is 82.5 Å². The quantitative estimate of drug-likeness (QED) is 0.628. The highest BCUT2D eigenvalue weighted by Gasteiger charge is 2.29. The highest BCUT2D eigenvalue weighted by atomic mass is 32.2. The first-order chi connectivity index (χ1) is 6.20. The van der Waals surface area contributed by atoms with Crippen LogP contribution in [0.1, 0.15) is 24.2 Å². The fourth-order valence-corrected chi connectivity index (χ4v) is 2.71. The molecule has 1 aromatic carbocycles. The summed E-state index contributed by atoms with van der Waals surface area (Å²) in [4.78, 5) is 13.0. The van der Waals surface area contributed by atoms with Crippen LogP contribution < -0.4 is 0 Å². The summed E-state index contributed by atoms with van der Waals surface area (Å²) in [6.45, 7) is 4.12. The molecule has 0 fully saturated rings. The van der Waals surface area contributed by atoms with E-state index in [1.165, 1.54) is 0 Å². The van der Waals surface area contributed by atoms with Gasteiger partial charge < -0.3 is 0 Å². The molecule has 2 rings (SSSR count). The summed E-state index contributed by atoms with van der Waals surface area (Å²) >= 11 is 1.80. The number of fused-ring (bicyclic) bond motifs is 1. The molecule has 0 saturated heterocycles. The van der Waals surface area contributed by atoms with E-state index in [4.69, 9.17) is 0 Å². The zero-order valence-corrected chi connectivity index (χ0v) is 8.60. The van der Waals surface area contributed by atoms with Gasteiger partial charge in [-0.2, -0.15) is 0 Å². The molecule has 68 valence electrons. The normalized spacial score (nSPS) is 27.1. The van der Waals surface area contributed by atoms with E-state index >= 15 is 0 Å². The number of benzene rings is 1. The van der Waals surface area contributed by atoms with Crippen LogP contribution in [0.2, 0.25) is 0 Å². The zero-order valence-electron chi connectivity index (χ0n) is 7.78. The number of hydrogen-bond donors (Lipinski definition) is 0. The van der Waals surface area contributed by atoms with E-state index < -0.39 is 0 Å². The number of rotatable bonds is 0. The molecule has 0 bridgehead atoms. The third-order valence-electron chi connectivity index (χ3n) is 2.58. The molecule has 2 heteroatoms. The minimum absolute atomic E-state index is 0.153.